The van der Waals surface area contributed by atoms with Crippen LogP contribution in [-0.4, -0.2) is 41.9 Å². The standard InChI is InChI=1S/C13H21BClN3O2/c1-7-18(6)11-16-8-9(10(15)17-11)14-19-12(2,3)13(4,5)20-14/h8H,7H2,1-6H3. The molecule has 0 radical (unpaired) electrons. The van der Waals surface area contributed by atoms with E-state index in [1.807, 2.05) is 46.6 Å². The minimum atomic E-state index is -0.534. The van der Waals surface area contributed by atoms with Gasteiger partial charge in [0.15, 0.2) is 0 Å². The second-order valence-electron chi connectivity index (χ2n) is 6.02. The van der Waals surface area contributed by atoms with E-state index in [1.165, 1.54) is 0 Å². The Kier molecular flexibility index (Phi) is 4.02. The van der Waals surface area contributed by atoms with E-state index in [4.69, 9.17) is 20.9 Å². The lowest BCUT2D eigenvalue weighted by Crippen LogP contribution is -2.41. The summed E-state index contributed by atoms with van der Waals surface area (Å²) in [5.41, 5.74) is -0.140. The SMILES string of the molecule is CCN(C)c1ncc(B2OC(C)(C)C(C)(C)O2)c(Cl)n1. The molecule has 0 N–H and O–H groups in total. The van der Waals surface area contributed by atoms with Gasteiger partial charge in [-0.05, 0) is 34.6 Å². The van der Waals surface area contributed by atoms with Crippen LogP contribution in [0.1, 0.15) is 34.6 Å². The average Bonchev–Trinajstić information content (AvgIpc) is 2.57. The fourth-order valence-electron chi connectivity index (χ4n) is 1.82. The monoisotopic (exact) mass is 297 g/mol. The highest BCUT2D eigenvalue weighted by Crippen LogP contribution is 2.36. The van der Waals surface area contributed by atoms with Gasteiger partial charge in [-0.1, -0.05) is 11.6 Å². The molecule has 0 atom stereocenters. The van der Waals surface area contributed by atoms with E-state index in [0.717, 1.165) is 6.54 Å². The second kappa shape index (κ2) is 5.17. The molecule has 1 aromatic heterocycles. The van der Waals surface area contributed by atoms with Crippen molar-refractivity contribution in [1.82, 2.24) is 9.97 Å². The smallest absolute Gasteiger partial charge is 0.399 e. The van der Waals surface area contributed by atoms with Crippen LogP contribution in [-0.2, 0) is 9.31 Å². The van der Waals surface area contributed by atoms with Gasteiger partial charge in [-0.25, -0.2) is 9.97 Å². The first-order chi connectivity index (χ1) is 9.18. The zero-order chi connectivity index (χ0) is 15.1. The molecule has 0 amide bonds. The quantitative estimate of drug-likeness (QED) is 0.630. The molecule has 2 heterocycles. The summed E-state index contributed by atoms with van der Waals surface area (Å²) in [5.74, 6) is 0.595. The lowest BCUT2D eigenvalue weighted by molar-refractivity contribution is 0.00578. The molecule has 1 aromatic rings. The Labute approximate surface area is 125 Å². The third-order valence-corrected chi connectivity index (χ3v) is 4.38. The number of anilines is 1. The van der Waals surface area contributed by atoms with E-state index in [2.05, 4.69) is 9.97 Å². The molecule has 0 unspecified atom stereocenters. The molecule has 110 valence electrons. The molecule has 5 nitrogen and oxygen atoms in total. The minimum absolute atomic E-state index is 0.369. The zero-order valence-electron chi connectivity index (χ0n) is 12.9. The first-order valence-corrected chi connectivity index (χ1v) is 7.15. The first-order valence-electron chi connectivity index (χ1n) is 6.77. The van der Waals surface area contributed by atoms with E-state index in [1.54, 1.807) is 6.20 Å². The van der Waals surface area contributed by atoms with Gasteiger partial charge in [-0.2, -0.15) is 0 Å². The van der Waals surface area contributed by atoms with E-state index >= 15 is 0 Å². The van der Waals surface area contributed by atoms with Crippen LogP contribution < -0.4 is 10.4 Å². The van der Waals surface area contributed by atoms with E-state index in [9.17, 15) is 0 Å². The Morgan fingerprint density at radius 1 is 1.25 bits per heavy atom. The highest BCUT2D eigenvalue weighted by Gasteiger charge is 2.52. The molecule has 1 fully saturated rings. The van der Waals surface area contributed by atoms with Gasteiger partial charge in [0.25, 0.3) is 0 Å². The van der Waals surface area contributed by atoms with Crippen LogP contribution in [0.4, 0.5) is 5.95 Å². The zero-order valence-corrected chi connectivity index (χ0v) is 13.7. The molecule has 0 aromatic carbocycles. The summed E-state index contributed by atoms with van der Waals surface area (Å²) < 4.78 is 11.9. The van der Waals surface area contributed by atoms with E-state index < -0.39 is 18.3 Å². The summed E-state index contributed by atoms with van der Waals surface area (Å²) in [4.78, 5) is 10.5. The van der Waals surface area contributed by atoms with Gasteiger partial charge in [0.1, 0.15) is 5.15 Å². The van der Waals surface area contributed by atoms with E-state index in [-0.39, 0.29) is 0 Å². The summed E-state index contributed by atoms with van der Waals surface area (Å²) in [6, 6.07) is 0. The van der Waals surface area contributed by atoms with Gasteiger partial charge >= 0.3 is 7.12 Å². The minimum Gasteiger partial charge on any atom is -0.399 e. The molecule has 0 saturated carbocycles. The largest absolute Gasteiger partial charge is 0.499 e. The highest BCUT2D eigenvalue weighted by atomic mass is 35.5. The molecule has 0 aliphatic carbocycles. The molecule has 20 heavy (non-hydrogen) atoms. The fraction of sp³-hybridized carbons (Fsp3) is 0.692. The van der Waals surface area contributed by atoms with Crippen molar-refractivity contribution in [1.29, 1.82) is 0 Å². The predicted octanol–water partition coefficient (Wildman–Crippen LogP) is 1.89. The fourth-order valence-corrected chi connectivity index (χ4v) is 2.03. The first kappa shape index (κ1) is 15.5. The Balaban J connectivity index is 2.28. The average molecular weight is 298 g/mol. The summed E-state index contributed by atoms with van der Waals surface area (Å²) in [7, 11) is 1.38. The van der Waals surface area contributed by atoms with Crippen LogP contribution in [0.2, 0.25) is 5.15 Å². The highest BCUT2D eigenvalue weighted by molar-refractivity contribution is 6.65. The second-order valence-corrected chi connectivity index (χ2v) is 6.38. The molecule has 0 spiro atoms. The molecule has 0 bridgehead atoms. The number of nitrogens with zero attached hydrogens (tertiary/aromatic N) is 3. The predicted molar refractivity (Wildman–Crippen MR) is 81.7 cm³/mol. The summed E-state index contributed by atoms with van der Waals surface area (Å²) in [6.07, 6.45) is 1.68. The van der Waals surface area contributed by atoms with Crippen LogP contribution in [0.25, 0.3) is 0 Å². The van der Waals surface area contributed by atoms with Gasteiger partial charge < -0.3 is 14.2 Å². The third kappa shape index (κ3) is 2.64. The van der Waals surface area contributed by atoms with Crippen molar-refractivity contribution >= 4 is 30.1 Å². The third-order valence-electron chi connectivity index (χ3n) is 4.08. The Morgan fingerprint density at radius 3 is 2.25 bits per heavy atom. The van der Waals surface area contributed by atoms with Gasteiger partial charge in [0.2, 0.25) is 5.95 Å². The molecule has 1 aliphatic rings. The molecule has 2 rings (SSSR count). The summed E-state index contributed by atoms with van der Waals surface area (Å²) >= 11 is 6.26. The van der Waals surface area contributed by atoms with Gasteiger partial charge in [-0.15, -0.1) is 0 Å². The van der Waals surface area contributed by atoms with E-state index in [0.29, 0.717) is 16.6 Å². The molecular formula is C13H21BClN3O2. The molecule has 1 aliphatic heterocycles. The molecule has 1 saturated heterocycles. The van der Waals surface area contributed by atoms with Crippen molar-refractivity contribution < 1.29 is 9.31 Å². The lowest BCUT2D eigenvalue weighted by Gasteiger charge is -2.32. The normalized spacial score (nSPS) is 20.2. The summed E-state index contributed by atoms with van der Waals surface area (Å²) in [6.45, 7) is 10.8. The van der Waals surface area contributed by atoms with Crippen LogP contribution in [0.3, 0.4) is 0 Å². The van der Waals surface area contributed by atoms with Gasteiger partial charge in [0, 0.05) is 25.3 Å². The number of hydrogen-bond donors (Lipinski definition) is 0. The Hall–Kier alpha value is -0.845. The van der Waals surface area contributed by atoms with Gasteiger partial charge in [0.05, 0.1) is 11.2 Å². The maximum atomic E-state index is 6.26. The van der Waals surface area contributed by atoms with Crippen LogP contribution in [0.15, 0.2) is 6.20 Å². The van der Waals surface area contributed by atoms with Crippen molar-refractivity contribution in [2.45, 2.75) is 45.8 Å². The van der Waals surface area contributed by atoms with Crippen molar-refractivity contribution in [2.24, 2.45) is 0 Å². The number of aromatic nitrogens is 2. The number of hydrogen-bond acceptors (Lipinski definition) is 5. The van der Waals surface area contributed by atoms with Crippen LogP contribution >= 0.6 is 11.6 Å². The Bertz CT molecular complexity index is 494. The van der Waals surface area contributed by atoms with Crippen LogP contribution in [0.5, 0.6) is 0 Å². The molecule has 7 heteroatoms. The van der Waals surface area contributed by atoms with Gasteiger partial charge in [-0.3, -0.25) is 0 Å². The van der Waals surface area contributed by atoms with Crippen molar-refractivity contribution in [3.05, 3.63) is 11.3 Å². The van der Waals surface area contributed by atoms with Crippen molar-refractivity contribution in [2.75, 3.05) is 18.5 Å². The maximum Gasteiger partial charge on any atom is 0.499 e. The van der Waals surface area contributed by atoms with Crippen LogP contribution in [0, 0.1) is 0 Å². The maximum absolute atomic E-state index is 6.26. The lowest BCUT2D eigenvalue weighted by atomic mass is 9.81. The molecular weight excluding hydrogens is 276 g/mol. The number of rotatable bonds is 3. The number of halogens is 1. The summed E-state index contributed by atoms with van der Waals surface area (Å²) in [5, 5.41) is 0.369. The topological polar surface area (TPSA) is 47.5 Å². The van der Waals surface area contributed by atoms with Crippen molar-refractivity contribution in [3.63, 3.8) is 0 Å². The van der Waals surface area contributed by atoms with Crippen molar-refractivity contribution in [3.8, 4) is 0 Å². The Morgan fingerprint density at radius 2 is 1.80 bits per heavy atom.